The summed E-state index contributed by atoms with van der Waals surface area (Å²) < 4.78 is 14.7. The van der Waals surface area contributed by atoms with Crippen LogP contribution in [0.2, 0.25) is 0 Å². The molecule has 0 bridgehead atoms. The number of hydrogen-bond donors (Lipinski definition) is 0. The Morgan fingerprint density at radius 2 is 2.00 bits per heavy atom. The van der Waals surface area contributed by atoms with Gasteiger partial charge in [-0.25, -0.2) is 4.39 Å². The van der Waals surface area contributed by atoms with Crippen LogP contribution in [0.1, 0.15) is 19.3 Å². The smallest absolute Gasteiger partial charge is 0.123 e. The minimum Gasteiger partial charge on any atom is -0.271 e. The number of nitrogens with zero attached hydrogens (tertiary/aromatic N) is 3. The van der Waals surface area contributed by atoms with Gasteiger partial charge in [-0.2, -0.15) is 10.4 Å². The maximum Gasteiger partial charge on any atom is 0.123 e. The van der Waals surface area contributed by atoms with Crippen LogP contribution in [-0.4, -0.2) is 9.78 Å². The summed E-state index contributed by atoms with van der Waals surface area (Å²) in [5.41, 5.74) is 1.66. The largest absolute Gasteiger partial charge is 0.271 e. The van der Waals surface area contributed by atoms with Crippen molar-refractivity contribution in [1.29, 1.82) is 5.26 Å². The molecule has 0 unspecified atom stereocenters. The normalized spacial score (nSPS) is 16.6. The lowest BCUT2D eigenvalue weighted by atomic mass is 9.70. The highest BCUT2D eigenvalue weighted by Crippen LogP contribution is 2.41. The fourth-order valence-electron chi connectivity index (χ4n) is 2.46. The Morgan fingerprint density at radius 1 is 1.26 bits per heavy atom. The minimum absolute atomic E-state index is 0.230. The molecule has 96 valence electrons. The molecule has 0 aliphatic heterocycles. The van der Waals surface area contributed by atoms with E-state index in [-0.39, 0.29) is 11.2 Å². The Bertz CT molecular complexity index is 618. The fourth-order valence-corrected chi connectivity index (χ4v) is 2.46. The summed E-state index contributed by atoms with van der Waals surface area (Å²) >= 11 is 0. The van der Waals surface area contributed by atoms with E-state index in [1.165, 1.54) is 12.1 Å². The van der Waals surface area contributed by atoms with Gasteiger partial charge >= 0.3 is 0 Å². The van der Waals surface area contributed by atoms with Crippen LogP contribution >= 0.6 is 0 Å². The molecule has 1 aliphatic carbocycles. The topological polar surface area (TPSA) is 41.6 Å². The maximum absolute atomic E-state index is 12.9. The second-order valence-corrected chi connectivity index (χ2v) is 5.18. The molecule has 4 heteroatoms. The molecule has 1 aromatic carbocycles. The van der Waals surface area contributed by atoms with Crippen molar-refractivity contribution in [3.05, 3.63) is 42.5 Å². The van der Waals surface area contributed by atoms with Crippen molar-refractivity contribution in [1.82, 2.24) is 9.78 Å². The molecule has 0 radical (unpaired) electrons. The van der Waals surface area contributed by atoms with Crippen LogP contribution in [0.15, 0.2) is 36.7 Å². The third-order valence-electron chi connectivity index (χ3n) is 3.82. The van der Waals surface area contributed by atoms with E-state index in [9.17, 15) is 9.65 Å². The molecule has 0 spiro atoms. The van der Waals surface area contributed by atoms with Gasteiger partial charge in [-0.15, -0.1) is 0 Å². The lowest BCUT2D eigenvalue weighted by Crippen LogP contribution is -2.32. The molecule has 0 atom stereocenters. The molecule has 1 aromatic heterocycles. The molecule has 0 amide bonds. The molecule has 0 saturated heterocycles. The van der Waals surface area contributed by atoms with E-state index in [1.54, 1.807) is 18.3 Å². The van der Waals surface area contributed by atoms with Gasteiger partial charge < -0.3 is 0 Å². The van der Waals surface area contributed by atoms with Gasteiger partial charge in [0.15, 0.2) is 0 Å². The van der Waals surface area contributed by atoms with E-state index < -0.39 is 0 Å². The number of rotatable bonds is 3. The monoisotopic (exact) mass is 255 g/mol. The van der Waals surface area contributed by atoms with Crippen LogP contribution in [-0.2, 0) is 6.54 Å². The first-order valence-corrected chi connectivity index (χ1v) is 6.40. The van der Waals surface area contributed by atoms with Crippen LogP contribution < -0.4 is 0 Å². The van der Waals surface area contributed by atoms with Crippen LogP contribution in [0.5, 0.6) is 0 Å². The van der Waals surface area contributed by atoms with Crippen molar-refractivity contribution < 1.29 is 4.39 Å². The predicted octanol–water partition coefficient (Wildman–Crippen LogP) is 3.38. The third-order valence-corrected chi connectivity index (χ3v) is 3.82. The van der Waals surface area contributed by atoms with Crippen LogP contribution in [0.25, 0.3) is 11.1 Å². The van der Waals surface area contributed by atoms with E-state index in [0.29, 0.717) is 6.54 Å². The Labute approximate surface area is 111 Å². The summed E-state index contributed by atoms with van der Waals surface area (Å²) in [6, 6.07) is 8.76. The Balaban J connectivity index is 1.80. The summed E-state index contributed by atoms with van der Waals surface area (Å²) in [6.07, 6.45) is 6.71. The molecular weight excluding hydrogens is 241 g/mol. The minimum atomic E-state index is -0.242. The number of nitriles is 1. The maximum atomic E-state index is 12.9. The van der Waals surface area contributed by atoms with Gasteiger partial charge in [0.05, 0.1) is 24.2 Å². The lowest BCUT2D eigenvalue weighted by Gasteiger charge is -2.34. The Morgan fingerprint density at radius 3 is 2.58 bits per heavy atom. The molecule has 1 saturated carbocycles. The van der Waals surface area contributed by atoms with Crippen molar-refractivity contribution in [3.8, 4) is 17.2 Å². The molecule has 1 heterocycles. The number of benzene rings is 1. The molecule has 1 fully saturated rings. The van der Waals surface area contributed by atoms with Crippen molar-refractivity contribution in [2.75, 3.05) is 0 Å². The summed E-state index contributed by atoms with van der Waals surface area (Å²) in [6.45, 7) is 0.644. The highest BCUT2D eigenvalue weighted by Gasteiger charge is 2.37. The average Bonchev–Trinajstić information content (AvgIpc) is 2.83. The Hall–Kier alpha value is -2.15. The molecule has 19 heavy (non-hydrogen) atoms. The van der Waals surface area contributed by atoms with E-state index in [4.69, 9.17) is 0 Å². The lowest BCUT2D eigenvalue weighted by molar-refractivity contribution is 0.174. The number of hydrogen-bond acceptors (Lipinski definition) is 2. The Kier molecular flexibility index (Phi) is 2.83. The zero-order chi connectivity index (χ0) is 13.3. The summed E-state index contributed by atoms with van der Waals surface area (Å²) in [7, 11) is 0. The summed E-state index contributed by atoms with van der Waals surface area (Å²) in [5.74, 6) is -0.242. The van der Waals surface area contributed by atoms with Crippen molar-refractivity contribution in [2.24, 2.45) is 5.41 Å². The molecule has 2 aromatic rings. The van der Waals surface area contributed by atoms with E-state index >= 15 is 0 Å². The first-order chi connectivity index (χ1) is 9.21. The molecule has 3 nitrogen and oxygen atoms in total. The number of halogens is 1. The van der Waals surface area contributed by atoms with Crippen LogP contribution in [0.3, 0.4) is 0 Å². The second-order valence-electron chi connectivity index (χ2n) is 5.18. The standard InChI is InChI=1S/C15H14FN3/c16-14-4-2-12(3-5-14)13-8-18-19(9-13)11-15(10-17)6-1-7-15/h2-5,8-9H,1,6-7,11H2. The van der Waals surface area contributed by atoms with Crippen molar-refractivity contribution in [2.45, 2.75) is 25.8 Å². The van der Waals surface area contributed by atoms with Gasteiger partial charge in [-0.1, -0.05) is 18.6 Å². The van der Waals surface area contributed by atoms with E-state index in [2.05, 4.69) is 11.2 Å². The fraction of sp³-hybridized carbons (Fsp3) is 0.333. The van der Waals surface area contributed by atoms with Crippen molar-refractivity contribution >= 4 is 0 Å². The highest BCUT2D eigenvalue weighted by atomic mass is 19.1. The van der Waals surface area contributed by atoms with Gasteiger partial charge in [0.1, 0.15) is 5.82 Å². The molecular formula is C15H14FN3. The van der Waals surface area contributed by atoms with Crippen LogP contribution in [0.4, 0.5) is 4.39 Å². The SMILES string of the molecule is N#CC1(Cn2cc(-c3ccc(F)cc3)cn2)CCC1. The van der Waals surface area contributed by atoms with Gasteiger partial charge in [0, 0.05) is 11.8 Å². The van der Waals surface area contributed by atoms with Gasteiger partial charge in [-0.05, 0) is 30.5 Å². The first kappa shape index (κ1) is 11.9. The zero-order valence-electron chi connectivity index (χ0n) is 10.5. The highest BCUT2D eigenvalue weighted by molar-refractivity contribution is 5.61. The number of aromatic nitrogens is 2. The third kappa shape index (κ3) is 2.24. The zero-order valence-corrected chi connectivity index (χ0v) is 10.5. The van der Waals surface area contributed by atoms with Crippen molar-refractivity contribution in [3.63, 3.8) is 0 Å². The predicted molar refractivity (Wildman–Crippen MR) is 69.5 cm³/mol. The quantitative estimate of drug-likeness (QED) is 0.843. The van der Waals surface area contributed by atoms with Crippen LogP contribution in [0, 0.1) is 22.6 Å². The summed E-state index contributed by atoms with van der Waals surface area (Å²) in [4.78, 5) is 0. The molecule has 3 rings (SSSR count). The van der Waals surface area contributed by atoms with E-state index in [1.807, 2.05) is 10.9 Å². The average molecular weight is 255 g/mol. The van der Waals surface area contributed by atoms with Gasteiger partial charge in [-0.3, -0.25) is 4.68 Å². The molecule has 0 N–H and O–H groups in total. The first-order valence-electron chi connectivity index (χ1n) is 6.40. The van der Waals surface area contributed by atoms with Gasteiger partial charge in [0.25, 0.3) is 0 Å². The summed E-state index contributed by atoms with van der Waals surface area (Å²) in [5, 5.41) is 13.5. The van der Waals surface area contributed by atoms with E-state index in [0.717, 1.165) is 30.4 Å². The van der Waals surface area contributed by atoms with Gasteiger partial charge in [0.2, 0.25) is 0 Å². The molecule has 1 aliphatic rings. The second kappa shape index (κ2) is 4.51.